The van der Waals surface area contributed by atoms with E-state index in [0.29, 0.717) is 22.9 Å². The van der Waals surface area contributed by atoms with Crippen LogP contribution in [0.4, 0.5) is 17.1 Å². The first-order valence-corrected chi connectivity index (χ1v) is 11.5. The Labute approximate surface area is 201 Å². The molecule has 34 heavy (non-hydrogen) atoms. The zero-order valence-corrected chi connectivity index (χ0v) is 19.6. The Morgan fingerprint density at radius 2 is 1.85 bits per heavy atom. The molecule has 2 aromatic heterocycles. The quantitative estimate of drug-likeness (QED) is 0.270. The van der Waals surface area contributed by atoms with Gasteiger partial charge in [-0.1, -0.05) is 24.3 Å². The number of carbonyl (C=O) groups is 1. The highest BCUT2D eigenvalue weighted by Gasteiger charge is 2.14. The Hall–Kier alpha value is -4.24. The Bertz CT molecular complexity index is 1340. The summed E-state index contributed by atoms with van der Waals surface area (Å²) >= 11 is 1.38. The summed E-state index contributed by atoms with van der Waals surface area (Å²) in [5.41, 5.74) is 4.17. The average Bonchev–Trinajstić information content (AvgIpc) is 3.31. The number of benzene rings is 2. The maximum absolute atomic E-state index is 13.0. The number of nitroso groups, excluding NO2 is 1. The van der Waals surface area contributed by atoms with Crippen LogP contribution in [0.1, 0.15) is 15.2 Å². The number of aromatic nitrogens is 1. The third-order valence-corrected chi connectivity index (χ3v) is 6.04. The van der Waals surface area contributed by atoms with Gasteiger partial charge >= 0.3 is 0 Å². The molecular formula is C25H24N6O2S. The van der Waals surface area contributed by atoms with Crippen molar-refractivity contribution in [2.75, 3.05) is 30.0 Å². The van der Waals surface area contributed by atoms with Crippen LogP contribution in [-0.4, -0.2) is 29.9 Å². The molecule has 2 aromatic carbocycles. The van der Waals surface area contributed by atoms with Crippen LogP contribution in [0, 0.1) is 4.91 Å². The number of carbonyl (C=O) groups excluding carboxylic acids is 1. The second kappa shape index (κ2) is 10.6. The van der Waals surface area contributed by atoms with Gasteiger partial charge in [0.2, 0.25) is 0 Å². The van der Waals surface area contributed by atoms with Crippen molar-refractivity contribution in [1.29, 1.82) is 0 Å². The van der Waals surface area contributed by atoms with E-state index < -0.39 is 0 Å². The summed E-state index contributed by atoms with van der Waals surface area (Å²) in [5.74, 6) is 0.332. The van der Waals surface area contributed by atoms with Crippen LogP contribution in [-0.2, 0) is 6.54 Å². The lowest BCUT2D eigenvalue weighted by atomic mass is 10.1. The molecule has 0 aliphatic heterocycles. The molecule has 2 heterocycles. The maximum Gasteiger partial charge on any atom is 0.267 e. The highest BCUT2D eigenvalue weighted by atomic mass is 32.1. The van der Waals surface area contributed by atoms with Crippen molar-refractivity contribution in [3.63, 3.8) is 0 Å². The summed E-state index contributed by atoms with van der Waals surface area (Å²) in [5, 5.41) is 15.3. The Morgan fingerprint density at radius 1 is 1.06 bits per heavy atom. The van der Waals surface area contributed by atoms with Gasteiger partial charge in [0.25, 0.3) is 5.91 Å². The number of rotatable bonds is 9. The Kier molecular flexibility index (Phi) is 7.14. The van der Waals surface area contributed by atoms with E-state index in [4.69, 9.17) is 0 Å². The summed E-state index contributed by atoms with van der Waals surface area (Å²) in [6.45, 7) is 0.573. The van der Waals surface area contributed by atoms with E-state index in [1.54, 1.807) is 31.3 Å². The predicted octanol–water partition coefficient (Wildman–Crippen LogP) is 5.70. The molecule has 0 fully saturated rings. The number of thiophene rings is 1. The average molecular weight is 473 g/mol. The van der Waals surface area contributed by atoms with Gasteiger partial charge in [-0.05, 0) is 52.5 Å². The summed E-state index contributed by atoms with van der Waals surface area (Å²) in [6.07, 6.45) is 2.99. The normalized spacial score (nSPS) is 11.2. The predicted molar refractivity (Wildman–Crippen MR) is 139 cm³/mol. The van der Waals surface area contributed by atoms with Crippen LogP contribution in [0.25, 0.3) is 10.9 Å². The molecule has 0 saturated heterocycles. The molecule has 0 bridgehead atoms. The molecule has 0 aliphatic rings. The lowest BCUT2D eigenvalue weighted by Crippen LogP contribution is -2.18. The second-order valence-electron chi connectivity index (χ2n) is 7.68. The number of anilines is 3. The fraction of sp³-hybridized carbons (Fsp3) is 0.120. The monoisotopic (exact) mass is 472 g/mol. The van der Waals surface area contributed by atoms with E-state index in [9.17, 15) is 9.70 Å². The van der Waals surface area contributed by atoms with Gasteiger partial charge in [0.1, 0.15) is 16.9 Å². The summed E-state index contributed by atoms with van der Waals surface area (Å²) < 4.78 is 0. The van der Waals surface area contributed by atoms with Gasteiger partial charge < -0.3 is 20.9 Å². The summed E-state index contributed by atoms with van der Waals surface area (Å²) in [6, 6.07) is 19.1. The zero-order chi connectivity index (χ0) is 23.9. The number of nitrogens with zero attached hydrogens (tertiary/aromatic N) is 3. The molecule has 0 aliphatic carbocycles. The number of nitrogens with one attached hydrogen (secondary N) is 3. The standard InChI is InChI=1S/C25H24N6O2S/c1-31(2)23(16-28-33)29-18-6-5-7-19(14-18)30-25(32)24-22(11-13-34-24)27-15-17-10-12-26-21-9-4-3-8-20(17)21/h3-14,16,27,29H,15H2,1-2H3,(H,30,32)/b23-16-. The molecular weight excluding hydrogens is 448 g/mol. The smallest absolute Gasteiger partial charge is 0.267 e. The number of para-hydroxylation sites is 1. The van der Waals surface area contributed by atoms with E-state index >= 15 is 0 Å². The molecule has 8 nitrogen and oxygen atoms in total. The van der Waals surface area contributed by atoms with Crippen molar-refractivity contribution >= 4 is 45.2 Å². The minimum atomic E-state index is -0.202. The molecule has 4 rings (SSSR count). The number of amides is 1. The van der Waals surface area contributed by atoms with Crippen molar-refractivity contribution in [3.8, 4) is 0 Å². The van der Waals surface area contributed by atoms with E-state index in [0.717, 1.165) is 27.8 Å². The molecule has 4 aromatic rings. The molecule has 1 amide bonds. The van der Waals surface area contributed by atoms with Crippen LogP contribution in [0.15, 0.2) is 89.4 Å². The Morgan fingerprint density at radius 3 is 2.65 bits per heavy atom. The van der Waals surface area contributed by atoms with Crippen LogP contribution in [0.3, 0.4) is 0 Å². The number of hydrogen-bond acceptors (Lipinski definition) is 8. The van der Waals surface area contributed by atoms with Crippen molar-refractivity contribution < 1.29 is 4.79 Å². The van der Waals surface area contributed by atoms with E-state index in [-0.39, 0.29) is 5.91 Å². The van der Waals surface area contributed by atoms with E-state index in [2.05, 4.69) is 26.1 Å². The first-order chi connectivity index (χ1) is 16.5. The molecule has 0 radical (unpaired) electrons. The minimum Gasteiger partial charge on any atom is -0.380 e. The van der Waals surface area contributed by atoms with Gasteiger partial charge in [0.15, 0.2) is 0 Å². The van der Waals surface area contributed by atoms with Crippen LogP contribution in [0.5, 0.6) is 0 Å². The molecule has 3 N–H and O–H groups in total. The van der Waals surface area contributed by atoms with Crippen molar-refractivity contribution in [1.82, 2.24) is 9.88 Å². The van der Waals surface area contributed by atoms with Gasteiger partial charge in [0, 0.05) is 43.6 Å². The SMILES string of the molecule is CN(C)/C(=C\N=O)Nc1cccc(NC(=O)c2sccc2NCc2ccnc3ccccc23)c1. The second-order valence-corrected chi connectivity index (χ2v) is 8.59. The van der Waals surface area contributed by atoms with Crippen molar-refractivity contribution in [2.24, 2.45) is 5.18 Å². The molecule has 0 spiro atoms. The van der Waals surface area contributed by atoms with E-state index in [1.807, 2.05) is 60.0 Å². The maximum atomic E-state index is 13.0. The lowest BCUT2D eigenvalue weighted by molar-refractivity contribution is 0.103. The molecule has 0 saturated carbocycles. The number of pyridine rings is 1. The van der Waals surface area contributed by atoms with Gasteiger partial charge in [-0.3, -0.25) is 9.78 Å². The molecule has 0 unspecified atom stereocenters. The van der Waals surface area contributed by atoms with Crippen LogP contribution in [0.2, 0.25) is 0 Å². The highest BCUT2D eigenvalue weighted by Crippen LogP contribution is 2.26. The largest absolute Gasteiger partial charge is 0.380 e. The van der Waals surface area contributed by atoms with Gasteiger partial charge in [-0.25, -0.2) is 0 Å². The highest BCUT2D eigenvalue weighted by molar-refractivity contribution is 7.12. The first kappa shape index (κ1) is 22.9. The van der Waals surface area contributed by atoms with E-state index in [1.165, 1.54) is 17.5 Å². The van der Waals surface area contributed by atoms with Crippen molar-refractivity contribution in [2.45, 2.75) is 6.54 Å². The molecule has 172 valence electrons. The van der Waals surface area contributed by atoms with Crippen LogP contribution < -0.4 is 16.0 Å². The lowest BCUT2D eigenvalue weighted by Gasteiger charge is -2.18. The fourth-order valence-electron chi connectivity index (χ4n) is 3.44. The molecule has 0 atom stereocenters. The molecule has 9 heteroatoms. The van der Waals surface area contributed by atoms with Gasteiger partial charge in [-0.2, -0.15) is 0 Å². The summed E-state index contributed by atoms with van der Waals surface area (Å²) in [7, 11) is 3.60. The topological polar surface area (TPSA) is 98.7 Å². The third kappa shape index (κ3) is 5.38. The van der Waals surface area contributed by atoms with Gasteiger partial charge in [0.05, 0.1) is 11.2 Å². The number of hydrogen-bond donors (Lipinski definition) is 3. The Balaban J connectivity index is 1.46. The number of fused-ring (bicyclic) bond motifs is 1. The first-order valence-electron chi connectivity index (χ1n) is 10.6. The van der Waals surface area contributed by atoms with Crippen molar-refractivity contribution in [3.05, 3.63) is 99.6 Å². The summed E-state index contributed by atoms with van der Waals surface area (Å²) in [4.78, 5) is 30.4. The zero-order valence-electron chi connectivity index (χ0n) is 18.8. The fourth-order valence-corrected chi connectivity index (χ4v) is 4.21. The van der Waals surface area contributed by atoms with Gasteiger partial charge in [-0.15, -0.1) is 16.2 Å². The minimum absolute atomic E-state index is 0.202. The third-order valence-electron chi connectivity index (χ3n) is 5.13. The van der Waals surface area contributed by atoms with Crippen LogP contribution >= 0.6 is 11.3 Å².